The van der Waals surface area contributed by atoms with E-state index in [2.05, 4.69) is 34.5 Å². The van der Waals surface area contributed by atoms with Crippen LogP contribution in [-0.2, 0) is 11.3 Å². The molecule has 0 atom stereocenters. The maximum Gasteiger partial charge on any atom is 0.238 e. The number of hydrogen-bond acceptors (Lipinski definition) is 4. The molecule has 1 aliphatic carbocycles. The second kappa shape index (κ2) is 7.40. The maximum absolute atomic E-state index is 11.7. The average molecular weight is 279 g/mol. The van der Waals surface area contributed by atoms with Crippen LogP contribution in [0.4, 0.5) is 5.69 Å². The van der Waals surface area contributed by atoms with Crippen molar-refractivity contribution in [3.63, 3.8) is 0 Å². The summed E-state index contributed by atoms with van der Waals surface area (Å²) in [5.41, 5.74) is 0.771. The number of anilines is 1. The number of aromatic nitrogens is 2. The number of amides is 1. The van der Waals surface area contributed by atoms with E-state index in [4.69, 9.17) is 0 Å². The molecule has 0 aliphatic heterocycles. The van der Waals surface area contributed by atoms with Crippen molar-refractivity contribution in [2.45, 2.75) is 39.3 Å². The van der Waals surface area contributed by atoms with Gasteiger partial charge in [0.2, 0.25) is 5.91 Å². The molecule has 1 aliphatic rings. The van der Waals surface area contributed by atoms with Crippen molar-refractivity contribution in [3.8, 4) is 0 Å². The van der Waals surface area contributed by atoms with Crippen LogP contribution in [0.5, 0.6) is 0 Å². The first-order valence-corrected chi connectivity index (χ1v) is 7.49. The summed E-state index contributed by atoms with van der Waals surface area (Å²) in [7, 11) is 0. The first-order valence-electron chi connectivity index (χ1n) is 7.49. The van der Waals surface area contributed by atoms with Crippen LogP contribution in [0.3, 0.4) is 0 Å². The first kappa shape index (κ1) is 15.0. The molecule has 0 bridgehead atoms. The van der Waals surface area contributed by atoms with E-state index in [9.17, 15) is 4.79 Å². The zero-order valence-corrected chi connectivity index (χ0v) is 12.4. The van der Waals surface area contributed by atoms with Gasteiger partial charge in [0.05, 0.1) is 25.0 Å². The molecule has 2 rings (SSSR count). The molecule has 1 saturated carbocycles. The van der Waals surface area contributed by atoms with E-state index in [0.717, 1.165) is 31.9 Å². The number of carbonyl (C=O) groups is 1. The Balaban J connectivity index is 1.71. The maximum atomic E-state index is 11.7. The number of nitrogens with zero attached hydrogens (tertiary/aromatic N) is 3. The van der Waals surface area contributed by atoms with Gasteiger partial charge in [-0.1, -0.05) is 13.8 Å². The van der Waals surface area contributed by atoms with Crippen LogP contribution in [0.1, 0.15) is 26.7 Å². The monoisotopic (exact) mass is 279 g/mol. The van der Waals surface area contributed by atoms with Crippen LogP contribution >= 0.6 is 0 Å². The van der Waals surface area contributed by atoms with Crippen LogP contribution in [0.2, 0.25) is 0 Å². The molecular weight excluding hydrogens is 254 g/mol. The fourth-order valence-electron chi connectivity index (χ4n) is 2.06. The highest BCUT2D eigenvalue weighted by Crippen LogP contribution is 2.18. The lowest BCUT2D eigenvalue weighted by Gasteiger charge is -2.17. The Morgan fingerprint density at radius 1 is 1.45 bits per heavy atom. The smallest absolute Gasteiger partial charge is 0.238 e. The molecule has 1 heterocycles. The van der Waals surface area contributed by atoms with Gasteiger partial charge in [-0.15, -0.1) is 0 Å². The third kappa shape index (κ3) is 4.94. The quantitative estimate of drug-likeness (QED) is 0.705. The second-order valence-corrected chi connectivity index (χ2v) is 5.22. The molecule has 112 valence electrons. The summed E-state index contributed by atoms with van der Waals surface area (Å²) >= 11 is 0. The molecule has 0 aromatic carbocycles. The fourth-order valence-corrected chi connectivity index (χ4v) is 2.06. The van der Waals surface area contributed by atoms with E-state index < -0.39 is 0 Å². The van der Waals surface area contributed by atoms with Crippen molar-refractivity contribution in [1.29, 1.82) is 0 Å². The molecule has 0 spiro atoms. The van der Waals surface area contributed by atoms with Crippen molar-refractivity contribution in [2.75, 3.05) is 31.5 Å². The van der Waals surface area contributed by atoms with E-state index in [-0.39, 0.29) is 5.91 Å². The van der Waals surface area contributed by atoms with Crippen LogP contribution in [-0.4, -0.2) is 52.8 Å². The van der Waals surface area contributed by atoms with Crippen LogP contribution < -0.4 is 10.6 Å². The molecule has 1 amide bonds. The Hall–Kier alpha value is -1.40. The van der Waals surface area contributed by atoms with Gasteiger partial charge < -0.3 is 15.5 Å². The van der Waals surface area contributed by atoms with Gasteiger partial charge in [-0.3, -0.25) is 9.48 Å². The minimum absolute atomic E-state index is 0.000179. The Labute approximate surface area is 120 Å². The summed E-state index contributed by atoms with van der Waals surface area (Å²) in [6.45, 7) is 8.62. The van der Waals surface area contributed by atoms with Crippen molar-refractivity contribution in [3.05, 3.63) is 12.4 Å². The summed E-state index contributed by atoms with van der Waals surface area (Å²) in [5.74, 6) is 0.000179. The number of carbonyl (C=O) groups excluding carboxylic acids is 1. The standard InChI is InChI=1S/C14H25N5O/c1-3-18(4-2)7-8-19-11-13(9-16-19)17-14(20)10-15-12-5-6-12/h9,11-12,15H,3-8,10H2,1-2H3,(H,17,20). The predicted molar refractivity (Wildman–Crippen MR) is 79.7 cm³/mol. The molecule has 2 N–H and O–H groups in total. The SMILES string of the molecule is CCN(CC)CCn1cc(NC(=O)CNC2CC2)cn1. The van der Waals surface area contributed by atoms with E-state index >= 15 is 0 Å². The molecule has 6 nitrogen and oxygen atoms in total. The van der Waals surface area contributed by atoms with Gasteiger partial charge in [0.25, 0.3) is 0 Å². The normalized spacial score (nSPS) is 14.8. The van der Waals surface area contributed by atoms with Crippen LogP contribution in [0.15, 0.2) is 12.4 Å². The third-order valence-corrected chi connectivity index (χ3v) is 3.59. The highest BCUT2D eigenvalue weighted by atomic mass is 16.1. The molecule has 1 fully saturated rings. The number of hydrogen-bond donors (Lipinski definition) is 2. The minimum atomic E-state index is 0.000179. The van der Waals surface area contributed by atoms with Gasteiger partial charge in [0.15, 0.2) is 0 Å². The van der Waals surface area contributed by atoms with Gasteiger partial charge in [-0.25, -0.2) is 0 Å². The van der Waals surface area contributed by atoms with E-state index in [1.165, 1.54) is 12.8 Å². The molecule has 0 saturated heterocycles. The third-order valence-electron chi connectivity index (χ3n) is 3.59. The lowest BCUT2D eigenvalue weighted by molar-refractivity contribution is -0.115. The van der Waals surface area contributed by atoms with Gasteiger partial charge in [-0.2, -0.15) is 5.10 Å². The van der Waals surface area contributed by atoms with Gasteiger partial charge in [0, 0.05) is 18.8 Å². The Morgan fingerprint density at radius 3 is 2.85 bits per heavy atom. The second-order valence-electron chi connectivity index (χ2n) is 5.22. The van der Waals surface area contributed by atoms with Gasteiger partial charge in [-0.05, 0) is 25.9 Å². The largest absolute Gasteiger partial charge is 0.322 e. The zero-order valence-electron chi connectivity index (χ0n) is 12.4. The van der Waals surface area contributed by atoms with Crippen molar-refractivity contribution >= 4 is 11.6 Å². The topological polar surface area (TPSA) is 62.2 Å². The Morgan fingerprint density at radius 2 is 2.20 bits per heavy atom. The predicted octanol–water partition coefficient (Wildman–Crippen LogP) is 0.915. The van der Waals surface area contributed by atoms with Crippen molar-refractivity contribution < 1.29 is 4.79 Å². The lowest BCUT2D eigenvalue weighted by atomic mass is 10.4. The van der Waals surface area contributed by atoms with E-state index in [0.29, 0.717) is 12.6 Å². The summed E-state index contributed by atoms with van der Waals surface area (Å²) in [5, 5.41) is 10.3. The van der Waals surface area contributed by atoms with Crippen molar-refractivity contribution in [2.24, 2.45) is 0 Å². The molecule has 20 heavy (non-hydrogen) atoms. The summed E-state index contributed by atoms with van der Waals surface area (Å²) in [6, 6.07) is 0.553. The molecule has 0 unspecified atom stereocenters. The Kier molecular flexibility index (Phi) is 5.55. The molecular formula is C14H25N5O. The molecule has 6 heteroatoms. The summed E-state index contributed by atoms with van der Waals surface area (Å²) in [6.07, 6.45) is 5.98. The first-order chi connectivity index (χ1) is 9.71. The molecule has 1 aromatic heterocycles. The van der Waals surface area contributed by atoms with Gasteiger partial charge >= 0.3 is 0 Å². The van der Waals surface area contributed by atoms with Crippen LogP contribution in [0.25, 0.3) is 0 Å². The molecule has 0 radical (unpaired) electrons. The highest BCUT2D eigenvalue weighted by Gasteiger charge is 2.21. The van der Waals surface area contributed by atoms with Crippen molar-refractivity contribution in [1.82, 2.24) is 20.0 Å². The van der Waals surface area contributed by atoms with E-state index in [1.807, 2.05) is 10.9 Å². The summed E-state index contributed by atoms with van der Waals surface area (Å²) < 4.78 is 1.88. The van der Waals surface area contributed by atoms with Gasteiger partial charge in [0.1, 0.15) is 0 Å². The highest BCUT2D eigenvalue weighted by molar-refractivity contribution is 5.91. The zero-order chi connectivity index (χ0) is 14.4. The Bertz CT molecular complexity index is 423. The molecule has 1 aromatic rings. The van der Waals surface area contributed by atoms with E-state index in [1.54, 1.807) is 6.20 Å². The lowest BCUT2D eigenvalue weighted by Crippen LogP contribution is -2.29. The summed E-state index contributed by atoms with van der Waals surface area (Å²) in [4.78, 5) is 14.0. The number of rotatable bonds is 9. The fraction of sp³-hybridized carbons (Fsp3) is 0.714. The average Bonchev–Trinajstić information content (AvgIpc) is 3.18. The number of likely N-dealkylation sites (N-methyl/N-ethyl adjacent to an activating group) is 1. The number of nitrogens with one attached hydrogen (secondary N) is 2. The van der Waals surface area contributed by atoms with Crippen LogP contribution in [0, 0.1) is 0 Å². The minimum Gasteiger partial charge on any atom is -0.322 e.